The molecule has 1 rings (SSSR count). The first-order valence-corrected chi connectivity index (χ1v) is 5.68. The smallest absolute Gasteiger partial charge is 0.287 e. The summed E-state index contributed by atoms with van der Waals surface area (Å²) in [6.07, 6.45) is 0. The predicted octanol–water partition coefficient (Wildman–Crippen LogP) is 2.35. The third-order valence-corrected chi connectivity index (χ3v) is 2.19. The number of ether oxygens (including phenoxy) is 1. The van der Waals surface area contributed by atoms with Crippen LogP contribution in [-0.2, 0) is 4.74 Å². The van der Waals surface area contributed by atoms with Crippen molar-refractivity contribution >= 4 is 17.5 Å². The van der Waals surface area contributed by atoms with Gasteiger partial charge in [-0.05, 0) is 26.0 Å². The molecule has 0 spiro atoms. The van der Waals surface area contributed by atoms with E-state index in [4.69, 9.17) is 20.8 Å². The Bertz CT molecular complexity index is 336. The van der Waals surface area contributed by atoms with Crippen LogP contribution < -0.4 is 5.32 Å². The maximum Gasteiger partial charge on any atom is 0.287 e. The van der Waals surface area contributed by atoms with Gasteiger partial charge in [-0.1, -0.05) is 0 Å². The monoisotopic (exact) mass is 245 g/mol. The Morgan fingerprint density at radius 1 is 1.62 bits per heavy atom. The van der Waals surface area contributed by atoms with Gasteiger partial charge in [0.05, 0.1) is 12.0 Å². The van der Waals surface area contributed by atoms with E-state index in [2.05, 4.69) is 5.32 Å². The lowest BCUT2D eigenvalue weighted by Gasteiger charge is -2.03. The van der Waals surface area contributed by atoms with E-state index in [1.54, 1.807) is 19.1 Å². The standard InChI is InChI=1S/C11H16ClNO3/c1-3-15-7-6-13-11(14)10-5-4-9(16-10)8(2)12/h4-5,8H,3,6-7H2,1-2H3,(H,13,14). The molecule has 0 aliphatic heterocycles. The second-order valence-electron chi connectivity index (χ2n) is 3.27. The summed E-state index contributed by atoms with van der Waals surface area (Å²) in [4.78, 5) is 11.5. The highest BCUT2D eigenvalue weighted by Crippen LogP contribution is 2.21. The zero-order chi connectivity index (χ0) is 12.0. The van der Waals surface area contributed by atoms with Crippen molar-refractivity contribution in [3.8, 4) is 0 Å². The molecule has 1 atom stereocenters. The number of amides is 1. The van der Waals surface area contributed by atoms with Crippen LogP contribution in [0, 0.1) is 0 Å². The summed E-state index contributed by atoms with van der Waals surface area (Å²) >= 11 is 5.82. The number of furan rings is 1. The zero-order valence-corrected chi connectivity index (χ0v) is 10.2. The zero-order valence-electron chi connectivity index (χ0n) is 9.46. The maximum atomic E-state index is 11.5. The van der Waals surface area contributed by atoms with Gasteiger partial charge >= 0.3 is 0 Å². The Morgan fingerprint density at radius 2 is 2.38 bits per heavy atom. The fourth-order valence-electron chi connectivity index (χ4n) is 1.16. The van der Waals surface area contributed by atoms with Crippen molar-refractivity contribution in [2.75, 3.05) is 19.8 Å². The quantitative estimate of drug-likeness (QED) is 0.618. The number of carbonyl (C=O) groups is 1. The lowest BCUT2D eigenvalue weighted by atomic mass is 10.3. The Hall–Kier alpha value is -1.00. The molecule has 0 aromatic carbocycles. The molecule has 90 valence electrons. The molecular weight excluding hydrogens is 230 g/mol. The second-order valence-corrected chi connectivity index (χ2v) is 3.93. The Morgan fingerprint density at radius 3 is 2.94 bits per heavy atom. The number of hydrogen-bond acceptors (Lipinski definition) is 3. The first-order valence-electron chi connectivity index (χ1n) is 5.25. The summed E-state index contributed by atoms with van der Waals surface area (Å²) in [5.41, 5.74) is 0. The van der Waals surface area contributed by atoms with E-state index in [0.717, 1.165) is 0 Å². The van der Waals surface area contributed by atoms with Crippen LogP contribution in [0.15, 0.2) is 16.5 Å². The molecule has 1 unspecified atom stereocenters. The molecule has 1 aromatic rings. The summed E-state index contributed by atoms with van der Waals surface area (Å²) in [6, 6.07) is 3.32. The number of rotatable bonds is 6. The highest BCUT2D eigenvalue weighted by Gasteiger charge is 2.12. The van der Waals surface area contributed by atoms with Gasteiger partial charge in [0.25, 0.3) is 5.91 Å². The van der Waals surface area contributed by atoms with Gasteiger partial charge in [-0.25, -0.2) is 0 Å². The van der Waals surface area contributed by atoms with E-state index in [-0.39, 0.29) is 17.0 Å². The number of carbonyl (C=O) groups excluding carboxylic acids is 1. The SMILES string of the molecule is CCOCCNC(=O)c1ccc(C(C)Cl)o1. The highest BCUT2D eigenvalue weighted by atomic mass is 35.5. The van der Waals surface area contributed by atoms with Crippen LogP contribution in [-0.4, -0.2) is 25.7 Å². The van der Waals surface area contributed by atoms with Crippen LogP contribution in [0.3, 0.4) is 0 Å². The third-order valence-electron chi connectivity index (χ3n) is 1.98. The minimum atomic E-state index is -0.247. The van der Waals surface area contributed by atoms with Crippen molar-refractivity contribution in [2.24, 2.45) is 0 Å². The molecule has 0 bridgehead atoms. The van der Waals surface area contributed by atoms with Crippen molar-refractivity contribution in [3.63, 3.8) is 0 Å². The van der Waals surface area contributed by atoms with Crippen LogP contribution in [0.1, 0.15) is 35.5 Å². The summed E-state index contributed by atoms with van der Waals surface area (Å²) in [7, 11) is 0. The summed E-state index contributed by atoms with van der Waals surface area (Å²) < 4.78 is 10.4. The normalized spacial score (nSPS) is 12.4. The van der Waals surface area contributed by atoms with E-state index in [9.17, 15) is 4.79 Å². The topological polar surface area (TPSA) is 51.5 Å². The fraction of sp³-hybridized carbons (Fsp3) is 0.545. The number of hydrogen-bond donors (Lipinski definition) is 1. The summed E-state index contributed by atoms with van der Waals surface area (Å²) in [5, 5.41) is 2.45. The molecular formula is C11H16ClNO3. The molecule has 0 saturated heterocycles. The molecule has 0 aliphatic carbocycles. The summed E-state index contributed by atoms with van der Waals surface area (Å²) in [6.45, 7) is 5.31. The van der Waals surface area contributed by atoms with Gasteiger partial charge in [0.15, 0.2) is 5.76 Å². The van der Waals surface area contributed by atoms with Gasteiger partial charge in [-0.3, -0.25) is 4.79 Å². The molecule has 1 N–H and O–H groups in total. The van der Waals surface area contributed by atoms with Gasteiger partial charge in [0.1, 0.15) is 5.76 Å². The van der Waals surface area contributed by atoms with E-state index in [1.807, 2.05) is 6.92 Å². The van der Waals surface area contributed by atoms with Crippen LogP contribution >= 0.6 is 11.6 Å². The lowest BCUT2D eigenvalue weighted by Crippen LogP contribution is -2.26. The molecule has 0 radical (unpaired) electrons. The van der Waals surface area contributed by atoms with Gasteiger partial charge in [-0.15, -0.1) is 11.6 Å². The summed E-state index contributed by atoms with van der Waals surface area (Å²) in [5.74, 6) is 0.624. The van der Waals surface area contributed by atoms with Crippen LogP contribution in [0.25, 0.3) is 0 Å². The third kappa shape index (κ3) is 3.87. The number of alkyl halides is 1. The molecule has 4 nitrogen and oxygen atoms in total. The minimum Gasteiger partial charge on any atom is -0.454 e. The van der Waals surface area contributed by atoms with E-state index in [0.29, 0.717) is 25.5 Å². The van der Waals surface area contributed by atoms with Crippen molar-refractivity contribution in [3.05, 3.63) is 23.7 Å². The average molecular weight is 246 g/mol. The van der Waals surface area contributed by atoms with Crippen molar-refractivity contribution in [1.82, 2.24) is 5.32 Å². The van der Waals surface area contributed by atoms with Crippen LogP contribution in [0.5, 0.6) is 0 Å². The molecule has 0 aliphatic rings. The fourth-order valence-corrected chi connectivity index (χ4v) is 1.27. The molecule has 0 fully saturated rings. The molecule has 0 saturated carbocycles. The Balaban J connectivity index is 2.40. The average Bonchev–Trinajstić information content (AvgIpc) is 2.73. The van der Waals surface area contributed by atoms with E-state index in [1.165, 1.54) is 0 Å². The van der Waals surface area contributed by atoms with Crippen molar-refractivity contribution < 1.29 is 13.9 Å². The first-order chi connectivity index (χ1) is 7.65. The lowest BCUT2D eigenvalue weighted by molar-refractivity contribution is 0.0894. The number of nitrogens with one attached hydrogen (secondary N) is 1. The molecule has 1 amide bonds. The Kier molecular flexibility index (Phi) is 5.35. The van der Waals surface area contributed by atoms with Gasteiger partial charge in [-0.2, -0.15) is 0 Å². The van der Waals surface area contributed by atoms with Crippen LogP contribution in [0.4, 0.5) is 0 Å². The number of halogens is 1. The molecule has 1 heterocycles. The predicted molar refractivity (Wildman–Crippen MR) is 61.8 cm³/mol. The largest absolute Gasteiger partial charge is 0.454 e. The van der Waals surface area contributed by atoms with Crippen molar-refractivity contribution in [2.45, 2.75) is 19.2 Å². The molecule has 16 heavy (non-hydrogen) atoms. The van der Waals surface area contributed by atoms with Gasteiger partial charge < -0.3 is 14.5 Å². The minimum absolute atomic E-state index is 0.232. The van der Waals surface area contributed by atoms with Gasteiger partial charge in [0, 0.05) is 13.2 Å². The van der Waals surface area contributed by atoms with Gasteiger partial charge in [0.2, 0.25) is 0 Å². The van der Waals surface area contributed by atoms with Crippen molar-refractivity contribution in [1.29, 1.82) is 0 Å². The Labute approximate surface area is 99.9 Å². The van der Waals surface area contributed by atoms with E-state index >= 15 is 0 Å². The molecule has 5 heteroatoms. The highest BCUT2D eigenvalue weighted by molar-refractivity contribution is 6.20. The van der Waals surface area contributed by atoms with E-state index < -0.39 is 0 Å². The first kappa shape index (κ1) is 13.1. The maximum absolute atomic E-state index is 11.5. The van der Waals surface area contributed by atoms with Crippen LogP contribution in [0.2, 0.25) is 0 Å². The second kappa shape index (κ2) is 6.55. The molecule has 1 aromatic heterocycles.